The molecule has 0 bridgehead atoms. The van der Waals surface area contributed by atoms with Gasteiger partial charge in [0.05, 0.1) is 17.6 Å². The zero-order valence-electron chi connectivity index (χ0n) is 15.0. The Balaban J connectivity index is 2.11. The first-order valence-corrected chi connectivity index (χ1v) is 8.34. The van der Waals surface area contributed by atoms with Crippen LogP contribution in [0.15, 0.2) is 28.3 Å². The van der Waals surface area contributed by atoms with E-state index in [1.165, 1.54) is 24.0 Å². The molecule has 0 aromatic heterocycles. The molecule has 3 nitrogen and oxygen atoms in total. The summed E-state index contributed by atoms with van der Waals surface area (Å²) >= 11 is 0. The van der Waals surface area contributed by atoms with E-state index in [-0.39, 0.29) is 11.0 Å². The molecule has 0 radical (unpaired) electrons. The second-order valence-electron chi connectivity index (χ2n) is 8.41. The minimum atomic E-state index is -0.930. The summed E-state index contributed by atoms with van der Waals surface area (Å²) in [5.74, 6) is 0.660. The van der Waals surface area contributed by atoms with Crippen molar-refractivity contribution in [1.82, 2.24) is 0 Å². The Morgan fingerprint density at radius 3 is 2.55 bits per heavy atom. The van der Waals surface area contributed by atoms with E-state index < -0.39 is 5.60 Å². The van der Waals surface area contributed by atoms with E-state index in [1.807, 2.05) is 26.8 Å². The van der Waals surface area contributed by atoms with Gasteiger partial charge in [-0.25, -0.2) is 4.99 Å². The zero-order chi connectivity index (χ0) is 16.6. The number of hydrogen-bond donors (Lipinski definition) is 1. The topological polar surface area (TPSA) is 41.8 Å². The molecule has 0 aromatic rings. The van der Waals surface area contributed by atoms with Crippen molar-refractivity contribution in [3.8, 4) is 0 Å². The van der Waals surface area contributed by atoms with Crippen LogP contribution in [0.2, 0.25) is 0 Å². The quantitative estimate of drug-likeness (QED) is 0.835. The number of allylic oxidation sites excluding steroid dienone is 3. The van der Waals surface area contributed by atoms with E-state index in [4.69, 9.17) is 4.74 Å². The first-order valence-electron chi connectivity index (χ1n) is 8.34. The maximum Gasteiger partial charge on any atom is 0.187 e. The van der Waals surface area contributed by atoms with Crippen LogP contribution in [-0.2, 0) is 4.74 Å². The van der Waals surface area contributed by atoms with Gasteiger partial charge in [0.15, 0.2) is 5.90 Å². The van der Waals surface area contributed by atoms with Gasteiger partial charge in [-0.3, -0.25) is 0 Å². The molecule has 0 saturated heterocycles. The Morgan fingerprint density at radius 1 is 1.32 bits per heavy atom. The zero-order valence-corrected chi connectivity index (χ0v) is 15.0. The second-order valence-corrected chi connectivity index (χ2v) is 8.41. The molecule has 0 aromatic carbocycles. The molecule has 1 heterocycles. The van der Waals surface area contributed by atoms with Crippen molar-refractivity contribution in [2.75, 3.05) is 6.61 Å². The molecule has 1 N–H and O–H groups in total. The first kappa shape index (κ1) is 17.3. The number of nitrogens with zero attached hydrogens (tertiary/aromatic N) is 1. The van der Waals surface area contributed by atoms with Crippen molar-refractivity contribution in [2.24, 2.45) is 10.4 Å². The van der Waals surface area contributed by atoms with Gasteiger partial charge >= 0.3 is 0 Å². The monoisotopic (exact) mass is 305 g/mol. The third-order valence-electron chi connectivity index (χ3n) is 4.68. The third-order valence-corrected chi connectivity index (χ3v) is 4.68. The van der Waals surface area contributed by atoms with Gasteiger partial charge in [-0.15, -0.1) is 0 Å². The summed E-state index contributed by atoms with van der Waals surface area (Å²) in [5, 5.41) is 10.7. The predicted molar refractivity (Wildman–Crippen MR) is 92.2 cm³/mol. The number of aliphatic hydroxyl groups is 1. The normalized spacial score (nSPS) is 26.8. The molecule has 3 heteroatoms. The molecule has 0 amide bonds. The van der Waals surface area contributed by atoms with Gasteiger partial charge in [-0.1, -0.05) is 31.6 Å². The molecular formula is C19H31NO2. The minimum absolute atomic E-state index is 0.167. The largest absolute Gasteiger partial charge is 0.478 e. The molecule has 0 saturated carbocycles. The average molecular weight is 305 g/mol. The fraction of sp³-hybridized carbons (Fsp3) is 0.737. The summed E-state index contributed by atoms with van der Waals surface area (Å²) in [5.41, 5.74) is 1.91. The third kappa shape index (κ3) is 4.22. The van der Waals surface area contributed by atoms with Crippen LogP contribution in [0.3, 0.4) is 0 Å². The van der Waals surface area contributed by atoms with E-state index in [0.717, 1.165) is 6.42 Å². The standard InChI is InChI=1S/C19H31NO2/c1-14-8-7-10-17(2,3)15(14)9-11-19(6,21)12-16-20-18(4,5)13-22-16/h9,11,21H,7-8,10,12-13H2,1-6H3/b11-9+. The smallest absolute Gasteiger partial charge is 0.187 e. The van der Waals surface area contributed by atoms with Gasteiger partial charge < -0.3 is 9.84 Å². The fourth-order valence-corrected chi connectivity index (χ4v) is 3.39. The summed E-state index contributed by atoms with van der Waals surface area (Å²) in [6.07, 6.45) is 8.09. The van der Waals surface area contributed by atoms with Crippen LogP contribution in [0.25, 0.3) is 0 Å². The number of hydrogen-bond acceptors (Lipinski definition) is 3. The summed E-state index contributed by atoms with van der Waals surface area (Å²) in [6.45, 7) is 13.3. The molecule has 1 unspecified atom stereocenters. The van der Waals surface area contributed by atoms with Crippen molar-refractivity contribution in [3.05, 3.63) is 23.3 Å². The molecule has 1 atom stereocenters. The molecule has 2 rings (SSSR count). The first-order chi connectivity index (χ1) is 10.0. The summed E-state index contributed by atoms with van der Waals surface area (Å²) < 4.78 is 5.60. The molecular weight excluding hydrogens is 274 g/mol. The minimum Gasteiger partial charge on any atom is -0.478 e. The van der Waals surface area contributed by atoms with E-state index in [1.54, 1.807) is 0 Å². The Bertz CT molecular complexity index is 522. The van der Waals surface area contributed by atoms with Gasteiger partial charge in [0, 0.05) is 0 Å². The lowest BCUT2D eigenvalue weighted by Crippen LogP contribution is -2.26. The van der Waals surface area contributed by atoms with Crippen LogP contribution in [0.1, 0.15) is 67.2 Å². The van der Waals surface area contributed by atoms with Crippen LogP contribution >= 0.6 is 0 Å². The summed E-state index contributed by atoms with van der Waals surface area (Å²) in [4.78, 5) is 4.53. The number of aliphatic imine (C=N–C) groups is 1. The van der Waals surface area contributed by atoms with Gasteiger partial charge in [0.25, 0.3) is 0 Å². The molecule has 0 spiro atoms. The van der Waals surface area contributed by atoms with E-state index in [0.29, 0.717) is 18.9 Å². The highest BCUT2D eigenvalue weighted by Crippen LogP contribution is 2.41. The predicted octanol–water partition coefficient (Wildman–Crippen LogP) is 4.42. The Hall–Kier alpha value is -1.09. The SMILES string of the molecule is CC1=C(/C=C/C(C)(O)CC2=NC(C)(C)CO2)C(C)(C)CCC1. The van der Waals surface area contributed by atoms with Crippen molar-refractivity contribution < 1.29 is 9.84 Å². The van der Waals surface area contributed by atoms with Gasteiger partial charge in [-0.05, 0) is 57.9 Å². The maximum atomic E-state index is 10.7. The molecule has 0 fully saturated rings. The van der Waals surface area contributed by atoms with E-state index >= 15 is 0 Å². The highest BCUT2D eigenvalue weighted by atomic mass is 16.5. The fourth-order valence-electron chi connectivity index (χ4n) is 3.39. The molecule has 1 aliphatic heterocycles. The number of rotatable bonds is 4. The van der Waals surface area contributed by atoms with Crippen LogP contribution in [-0.4, -0.2) is 28.8 Å². The summed E-state index contributed by atoms with van der Waals surface area (Å²) in [6, 6.07) is 0. The van der Waals surface area contributed by atoms with E-state index in [9.17, 15) is 5.11 Å². The van der Waals surface area contributed by atoms with Gasteiger partial charge in [0.2, 0.25) is 0 Å². The van der Waals surface area contributed by atoms with Crippen LogP contribution in [0.5, 0.6) is 0 Å². The molecule has 22 heavy (non-hydrogen) atoms. The van der Waals surface area contributed by atoms with Crippen LogP contribution < -0.4 is 0 Å². The highest BCUT2D eigenvalue weighted by Gasteiger charge is 2.31. The Morgan fingerprint density at radius 2 is 2.00 bits per heavy atom. The van der Waals surface area contributed by atoms with Crippen molar-refractivity contribution in [3.63, 3.8) is 0 Å². The van der Waals surface area contributed by atoms with Crippen LogP contribution in [0.4, 0.5) is 0 Å². The molecule has 124 valence electrons. The second kappa shape index (κ2) is 5.84. The average Bonchev–Trinajstić information content (AvgIpc) is 2.66. The van der Waals surface area contributed by atoms with Crippen molar-refractivity contribution >= 4 is 5.90 Å². The lowest BCUT2D eigenvalue weighted by molar-refractivity contribution is 0.112. The van der Waals surface area contributed by atoms with Crippen molar-refractivity contribution in [2.45, 2.75) is 78.4 Å². The van der Waals surface area contributed by atoms with Gasteiger partial charge in [0.1, 0.15) is 6.61 Å². The lowest BCUT2D eigenvalue weighted by atomic mass is 9.72. The Kier molecular flexibility index (Phi) is 4.59. The lowest BCUT2D eigenvalue weighted by Gasteiger charge is -2.33. The van der Waals surface area contributed by atoms with Gasteiger partial charge in [-0.2, -0.15) is 0 Å². The Labute approximate surface area is 135 Å². The van der Waals surface area contributed by atoms with E-state index in [2.05, 4.69) is 31.8 Å². The molecule has 1 aliphatic carbocycles. The summed E-state index contributed by atoms with van der Waals surface area (Å²) in [7, 11) is 0. The maximum absolute atomic E-state index is 10.7. The molecule has 2 aliphatic rings. The van der Waals surface area contributed by atoms with Crippen molar-refractivity contribution in [1.29, 1.82) is 0 Å². The highest BCUT2D eigenvalue weighted by molar-refractivity contribution is 5.79. The van der Waals surface area contributed by atoms with Crippen LogP contribution in [0, 0.1) is 5.41 Å². The number of ether oxygens (including phenoxy) is 1.